The molecule has 1 aliphatic heterocycles. The highest BCUT2D eigenvalue weighted by Crippen LogP contribution is 2.21. The molecule has 6 nitrogen and oxygen atoms in total. The zero-order valence-electron chi connectivity index (χ0n) is 11.7. The van der Waals surface area contributed by atoms with Crippen molar-refractivity contribution in [2.24, 2.45) is 0 Å². The summed E-state index contributed by atoms with van der Waals surface area (Å²) in [5.41, 5.74) is 0. The lowest BCUT2D eigenvalue weighted by Gasteiger charge is -2.32. The van der Waals surface area contributed by atoms with Crippen molar-refractivity contribution in [3.8, 4) is 0 Å². The van der Waals surface area contributed by atoms with E-state index < -0.39 is 0 Å². The normalized spacial score (nSPS) is 16.3. The van der Waals surface area contributed by atoms with Gasteiger partial charge in [-0.3, -0.25) is 0 Å². The van der Waals surface area contributed by atoms with Gasteiger partial charge in [0.05, 0.1) is 12.3 Å². The fourth-order valence-corrected chi connectivity index (χ4v) is 2.25. The largest absolute Gasteiger partial charge is 0.447 e. The van der Waals surface area contributed by atoms with Crippen LogP contribution < -0.4 is 5.32 Å². The summed E-state index contributed by atoms with van der Waals surface area (Å²) < 4.78 is 5.19. The van der Waals surface area contributed by atoms with E-state index in [9.17, 15) is 4.79 Å². The summed E-state index contributed by atoms with van der Waals surface area (Å²) in [5, 5.41) is 3.80. The van der Waals surface area contributed by atoms with Crippen LogP contribution in [-0.2, 0) is 4.74 Å². The van der Waals surface area contributed by atoms with Crippen LogP contribution in [0.5, 0.6) is 0 Å². The third-order valence-corrected chi connectivity index (χ3v) is 3.37. The number of nitrogens with one attached hydrogen (secondary N) is 1. The number of rotatable bonds is 3. The van der Waals surface area contributed by atoms with Gasteiger partial charge in [-0.05, 0) is 26.7 Å². The molecule has 1 N–H and O–H groups in total. The fourth-order valence-electron chi connectivity index (χ4n) is 2.09. The molecule has 1 saturated heterocycles. The number of aromatic nitrogens is 2. The summed E-state index contributed by atoms with van der Waals surface area (Å²) in [6, 6.07) is 0.255. The minimum atomic E-state index is -0.237. The summed E-state index contributed by atoms with van der Waals surface area (Å²) in [5.74, 6) is 0.643. The van der Waals surface area contributed by atoms with Gasteiger partial charge in [-0.1, -0.05) is 11.6 Å². The van der Waals surface area contributed by atoms with Crippen molar-refractivity contribution < 1.29 is 9.53 Å². The SMILES string of the molecule is CC(C)OC(=O)N1CCC(Nc2ncncc2Cl)CC1. The minimum absolute atomic E-state index is 0.0850. The van der Waals surface area contributed by atoms with E-state index in [1.54, 1.807) is 11.1 Å². The topological polar surface area (TPSA) is 67.3 Å². The van der Waals surface area contributed by atoms with Crippen molar-refractivity contribution in [1.29, 1.82) is 0 Å². The van der Waals surface area contributed by atoms with E-state index in [2.05, 4.69) is 15.3 Å². The molecular weight excluding hydrogens is 280 g/mol. The number of nitrogens with zero attached hydrogens (tertiary/aromatic N) is 3. The molecule has 0 aromatic carbocycles. The Morgan fingerprint density at radius 1 is 1.50 bits per heavy atom. The van der Waals surface area contributed by atoms with Crippen molar-refractivity contribution >= 4 is 23.5 Å². The molecule has 2 rings (SSSR count). The first-order chi connectivity index (χ1) is 9.56. The highest BCUT2D eigenvalue weighted by Gasteiger charge is 2.24. The Hall–Kier alpha value is -1.56. The number of anilines is 1. The molecule has 110 valence electrons. The molecule has 0 atom stereocenters. The van der Waals surface area contributed by atoms with Gasteiger partial charge in [0.2, 0.25) is 0 Å². The molecule has 1 aliphatic rings. The molecule has 0 saturated carbocycles. The number of likely N-dealkylation sites (tertiary alicyclic amines) is 1. The monoisotopic (exact) mass is 298 g/mol. The number of piperidine rings is 1. The van der Waals surface area contributed by atoms with Gasteiger partial charge < -0.3 is 15.0 Å². The quantitative estimate of drug-likeness (QED) is 0.929. The zero-order chi connectivity index (χ0) is 14.5. The zero-order valence-corrected chi connectivity index (χ0v) is 12.4. The van der Waals surface area contributed by atoms with Crippen LogP contribution >= 0.6 is 11.6 Å². The van der Waals surface area contributed by atoms with Gasteiger partial charge in [0.15, 0.2) is 0 Å². The van der Waals surface area contributed by atoms with E-state index in [0.717, 1.165) is 12.8 Å². The van der Waals surface area contributed by atoms with Gasteiger partial charge >= 0.3 is 6.09 Å². The molecule has 0 radical (unpaired) electrons. The Morgan fingerprint density at radius 3 is 2.80 bits per heavy atom. The average molecular weight is 299 g/mol. The van der Waals surface area contributed by atoms with Crippen molar-refractivity contribution in [1.82, 2.24) is 14.9 Å². The first kappa shape index (κ1) is 14.8. The molecule has 1 fully saturated rings. The predicted molar refractivity (Wildman–Crippen MR) is 76.9 cm³/mol. The number of hydrogen-bond donors (Lipinski definition) is 1. The van der Waals surface area contributed by atoms with Crippen LogP contribution in [0.15, 0.2) is 12.5 Å². The van der Waals surface area contributed by atoms with E-state index in [4.69, 9.17) is 16.3 Å². The van der Waals surface area contributed by atoms with Crippen LogP contribution in [0, 0.1) is 0 Å². The third-order valence-electron chi connectivity index (χ3n) is 3.10. The van der Waals surface area contributed by atoms with Gasteiger partial charge in [0.1, 0.15) is 17.2 Å². The Bertz CT molecular complexity index is 461. The summed E-state index contributed by atoms with van der Waals surface area (Å²) in [6.07, 6.45) is 4.38. The van der Waals surface area contributed by atoms with Crippen molar-refractivity contribution in [3.63, 3.8) is 0 Å². The number of halogens is 1. The van der Waals surface area contributed by atoms with Crippen LogP contribution in [0.25, 0.3) is 0 Å². The van der Waals surface area contributed by atoms with Gasteiger partial charge in [-0.2, -0.15) is 0 Å². The van der Waals surface area contributed by atoms with E-state index in [1.165, 1.54) is 6.33 Å². The molecule has 7 heteroatoms. The number of carbonyl (C=O) groups excluding carboxylic acids is 1. The second-order valence-corrected chi connectivity index (χ2v) is 5.46. The van der Waals surface area contributed by atoms with E-state index in [1.807, 2.05) is 13.8 Å². The van der Waals surface area contributed by atoms with Crippen molar-refractivity contribution in [2.45, 2.75) is 38.8 Å². The molecule has 1 aromatic heterocycles. The molecule has 0 bridgehead atoms. The third kappa shape index (κ3) is 3.96. The van der Waals surface area contributed by atoms with Crippen molar-refractivity contribution in [2.75, 3.05) is 18.4 Å². The predicted octanol–water partition coefficient (Wildman–Crippen LogP) is 2.55. The highest BCUT2D eigenvalue weighted by molar-refractivity contribution is 6.32. The Balaban J connectivity index is 1.83. The van der Waals surface area contributed by atoms with Crippen LogP contribution in [0.3, 0.4) is 0 Å². The molecular formula is C13H19ClN4O2. The Labute approximate surface area is 123 Å². The van der Waals surface area contributed by atoms with Crippen LogP contribution in [0.4, 0.5) is 10.6 Å². The van der Waals surface area contributed by atoms with Crippen LogP contribution in [-0.4, -0.2) is 46.2 Å². The Morgan fingerprint density at radius 2 is 2.20 bits per heavy atom. The maximum Gasteiger partial charge on any atom is 0.410 e. The number of hydrogen-bond acceptors (Lipinski definition) is 5. The molecule has 2 heterocycles. The lowest BCUT2D eigenvalue weighted by Crippen LogP contribution is -2.43. The maximum atomic E-state index is 11.8. The van der Waals surface area contributed by atoms with Crippen LogP contribution in [0.1, 0.15) is 26.7 Å². The number of amides is 1. The van der Waals surface area contributed by atoms with Gasteiger partial charge in [0.25, 0.3) is 0 Å². The van der Waals surface area contributed by atoms with Crippen molar-refractivity contribution in [3.05, 3.63) is 17.5 Å². The molecule has 0 spiro atoms. The lowest BCUT2D eigenvalue weighted by atomic mass is 10.1. The summed E-state index contributed by atoms with van der Waals surface area (Å²) in [4.78, 5) is 21.5. The molecule has 20 heavy (non-hydrogen) atoms. The second-order valence-electron chi connectivity index (χ2n) is 5.06. The first-order valence-corrected chi connectivity index (χ1v) is 7.11. The summed E-state index contributed by atoms with van der Waals surface area (Å²) in [7, 11) is 0. The van der Waals surface area contributed by atoms with E-state index in [-0.39, 0.29) is 18.2 Å². The lowest BCUT2D eigenvalue weighted by molar-refractivity contribution is 0.0701. The second kappa shape index (κ2) is 6.74. The summed E-state index contributed by atoms with van der Waals surface area (Å²) in [6.45, 7) is 5.05. The highest BCUT2D eigenvalue weighted by atomic mass is 35.5. The van der Waals surface area contributed by atoms with E-state index >= 15 is 0 Å². The summed E-state index contributed by atoms with van der Waals surface area (Å²) >= 11 is 6.01. The smallest absolute Gasteiger partial charge is 0.410 e. The number of ether oxygens (including phenoxy) is 1. The first-order valence-electron chi connectivity index (χ1n) is 6.74. The van der Waals surface area contributed by atoms with Gasteiger partial charge in [-0.25, -0.2) is 14.8 Å². The minimum Gasteiger partial charge on any atom is -0.447 e. The molecule has 0 aliphatic carbocycles. The standard InChI is InChI=1S/C13H19ClN4O2/c1-9(2)20-13(19)18-5-3-10(4-6-18)17-12-11(14)7-15-8-16-12/h7-10H,3-6H2,1-2H3,(H,15,16,17). The van der Waals surface area contributed by atoms with E-state index in [0.29, 0.717) is 23.9 Å². The Kier molecular flexibility index (Phi) is 5.00. The van der Waals surface area contributed by atoms with Gasteiger partial charge in [0, 0.05) is 19.1 Å². The molecule has 1 aromatic rings. The molecule has 1 amide bonds. The number of carbonyl (C=O) groups is 1. The fraction of sp³-hybridized carbons (Fsp3) is 0.615. The van der Waals surface area contributed by atoms with Crippen LogP contribution in [0.2, 0.25) is 5.02 Å². The molecule has 0 unspecified atom stereocenters. The van der Waals surface area contributed by atoms with Gasteiger partial charge in [-0.15, -0.1) is 0 Å². The average Bonchev–Trinajstić information content (AvgIpc) is 2.41. The maximum absolute atomic E-state index is 11.8.